The largest absolute Gasteiger partial charge is 0.245 e. The van der Waals surface area contributed by atoms with Crippen LogP contribution in [0, 0.1) is 0 Å². The summed E-state index contributed by atoms with van der Waals surface area (Å²) in [6.45, 7) is 0. The van der Waals surface area contributed by atoms with Crippen LogP contribution in [-0.4, -0.2) is 0 Å². The lowest BCUT2D eigenvalue weighted by Crippen LogP contribution is -2.16. The molecule has 0 saturated carbocycles. The van der Waals surface area contributed by atoms with Gasteiger partial charge in [0.25, 0.3) is 0 Å². The highest BCUT2D eigenvalue weighted by molar-refractivity contribution is 9.10. The number of halogens is 1. The topological polar surface area (TPSA) is 29.3 Å². The molecule has 0 unspecified atom stereocenters. The number of hydrogen-bond acceptors (Lipinski definition) is 2. The molecule has 1 aromatic rings. The van der Waals surface area contributed by atoms with Gasteiger partial charge in [-0.1, -0.05) is 18.2 Å². The van der Waals surface area contributed by atoms with Gasteiger partial charge in [0.1, 0.15) is 0 Å². The van der Waals surface area contributed by atoms with Gasteiger partial charge in [-0.25, -0.2) is 9.88 Å². The van der Waals surface area contributed by atoms with Crippen LogP contribution < -0.4 is 9.88 Å². The van der Waals surface area contributed by atoms with E-state index in [1.807, 2.05) is 30.3 Å². The first kappa shape index (κ1) is 6.58. The summed E-state index contributed by atoms with van der Waals surface area (Å²) in [5.74, 6) is 5.36. The lowest BCUT2D eigenvalue weighted by Gasteiger charge is -2.06. The zero-order valence-electron chi connectivity index (χ0n) is 4.79. The van der Waals surface area contributed by atoms with Crippen molar-refractivity contribution in [1.82, 2.24) is 0 Å². The van der Waals surface area contributed by atoms with Gasteiger partial charge in [0.15, 0.2) is 0 Å². The van der Waals surface area contributed by atoms with Crippen molar-refractivity contribution in [1.29, 1.82) is 0 Å². The molecule has 2 nitrogen and oxygen atoms in total. The van der Waals surface area contributed by atoms with Gasteiger partial charge in [-0.05, 0) is 12.1 Å². The Kier molecular flexibility index (Phi) is 2.08. The fourth-order valence-electron chi connectivity index (χ4n) is 0.570. The van der Waals surface area contributed by atoms with Crippen LogP contribution in [0.2, 0.25) is 0 Å². The molecule has 0 atom stereocenters. The van der Waals surface area contributed by atoms with Crippen molar-refractivity contribution >= 4 is 21.8 Å². The molecule has 48 valence electrons. The second-order valence-electron chi connectivity index (χ2n) is 1.65. The summed E-state index contributed by atoms with van der Waals surface area (Å²) in [5, 5.41) is 0. The molecule has 0 aliphatic rings. The molecule has 0 radical (unpaired) electrons. The molecule has 0 spiro atoms. The molecule has 9 heavy (non-hydrogen) atoms. The van der Waals surface area contributed by atoms with Crippen molar-refractivity contribution in [2.45, 2.75) is 0 Å². The molecule has 1 rings (SSSR count). The van der Waals surface area contributed by atoms with Crippen LogP contribution in [0.1, 0.15) is 0 Å². The quantitative estimate of drug-likeness (QED) is 0.411. The molecule has 0 saturated heterocycles. The van der Waals surface area contributed by atoms with Gasteiger partial charge >= 0.3 is 0 Å². The Balaban J connectivity index is 2.85. The van der Waals surface area contributed by atoms with Gasteiger partial charge in [0, 0.05) is 0 Å². The lowest BCUT2D eigenvalue weighted by molar-refractivity contribution is 1.23. The van der Waals surface area contributed by atoms with Crippen molar-refractivity contribution in [2.24, 2.45) is 5.84 Å². The summed E-state index contributed by atoms with van der Waals surface area (Å²) in [7, 11) is 0. The lowest BCUT2D eigenvalue weighted by atomic mass is 10.3. The number of benzene rings is 1. The smallest absolute Gasteiger partial charge is 0.0669 e. The Morgan fingerprint density at radius 2 is 1.78 bits per heavy atom. The first-order chi connectivity index (χ1) is 4.30. The van der Waals surface area contributed by atoms with Crippen molar-refractivity contribution in [3.8, 4) is 0 Å². The normalized spacial score (nSPS) is 9.11. The van der Waals surface area contributed by atoms with E-state index >= 15 is 0 Å². The summed E-state index contributed by atoms with van der Waals surface area (Å²) in [4.78, 5) is 0. The fraction of sp³-hybridized carbons (Fsp3) is 0. The predicted molar refractivity (Wildman–Crippen MR) is 42.0 cm³/mol. The fourth-order valence-corrected chi connectivity index (χ4v) is 0.807. The van der Waals surface area contributed by atoms with Crippen molar-refractivity contribution < 1.29 is 0 Å². The molecule has 0 bridgehead atoms. The Labute approximate surface area is 62.6 Å². The summed E-state index contributed by atoms with van der Waals surface area (Å²) in [6, 6.07) is 9.62. The van der Waals surface area contributed by atoms with E-state index in [0.29, 0.717) is 0 Å². The Morgan fingerprint density at radius 1 is 1.22 bits per heavy atom. The first-order valence-corrected chi connectivity index (χ1v) is 3.27. The van der Waals surface area contributed by atoms with E-state index in [-0.39, 0.29) is 0 Å². The van der Waals surface area contributed by atoms with E-state index in [2.05, 4.69) is 16.1 Å². The average Bonchev–Trinajstić information content (AvgIpc) is 1.90. The number of anilines is 1. The Bertz CT molecular complexity index is 174. The van der Waals surface area contributed by atoms with E-state index in [4.69, 9.17) is 5.84 Å². The van der Waals surface area contributed by atoms with Crippen LogP contribution in [0.25, 0.3) is 0 Å². The molecule has 0 aromatic heterocycles. The minimum Gasteiger partial charge on any atom is -0.245 e. The van der Waals surface area contributed by atoms with Gasteiger partial charge in [-0.2, -0.15) is 0 Å². The van der Waals surface area contributed by atoms with Gasteiger partial charge in [0.2, 0.25) is 0 Å². The maximum Gasteiger partial charge on any atom is 0.0669 e. The first-order valence-electron chi connectivity index (χ1n) is 2.56. The standard InChI is InChI=1S/C6H7BrN2/c7-9(8)6-4-2-1-3-5-6/h1-5H,8H2. The van der Waals surface area contributed by atoms with Crippen molar-refractivity contribution in [3.05, 3.63) is 30.3 Å². The number of nitrogens with zero attached hydrogens (tertiary/aromatic N) is 1. The number of hydrazine groups is 1. The zero-order valence-corrected chi connectivity index (χ0v) is 6.38. The average molecular weight is 187 g/mol. The second kappa shape index (κ2) is 2.85. The second-order valence-corrected chi connectivity index (χ2v) is 2.41. The SMILES string of the molecule is NN(Br)c1ccccc1. The summed E-state index contributed by atoms with van der Waals surface area (Å²) < 4.78 is 1.40. The third-order valence-electron chi connectivity index (χ3n) is 1.00. The molecule has 0 fully saturated rings. The molecular formula is C6H7BrN2. The van der Waals surface area contributed by atoms with Crippen LogP contribution in [0.5, 0.6) is 0 Å². The third-order valence-corrected chi connectivity index (χ3v) is 1.41. The van der Waals surface area contributed by atoms with E-state index in [1.165, 1.54) is 4.03 Å². The highest BCUT2D eigenvalue weighted by Crippen LogP contribution is 2.11. The van der Waals surface area contributed by atoms with Gasteiger partial charge < -0.3 is 0 Å². The molecule has 0 aliphatic carbocycles. The zero-order chi connectivity index (χ0) is 6.69. The number of nitrogens with two attached hydrogens (primary N) is 1. The van der Waals surface area contributed by atoms with E-state index in [1.54, 1.807) is 0 Å². The molecule has 2 N–H and O–H groups in total. The summed E-state index contributed by atoms with van der Waals surface area (Å²) in [5.41, 5.74) is 0.942. The summed E-state index contributed by atoms with van der Waals surface area (Å²) >= 11 is 3.09. The van der Waals surface area contributed by atoms with Crippen LogP contribution >= 0.6 is 16.1 Å². The Hall–Kier alpha value is -0.540. The predicted octanol–water partition coefficient (Wildman–Crippen LogP) is 1.68. The van der Waals surface area contributed by atoms with Gasteiger partial charge in [0.05, 0.1) is 21.8 Å². The van der Waals surface area contributed by atoms with Crippen molar-refractivity contribution in [3.63, 3.8) is 0 Å². The van der Waals surface area contributed by atoms with Crippen LogP contribution in [0.4, 0.5) is 5.69 Å². The highest BCUT2D eigenvalue weighted by Gasteiger charge is 1.90. The molecule has 0 amide bonds. The minimum absolute atomic E-state index is 0.942. The van der Waals surface area contributed by atoms with Gasteiger partial charge in [-0.15, -0.1) is 0 Å². The van der Waals surface area contributed by atoms with E-state index in [0.717, 1.165) is 5.69 Å². The summed E-state index contributed by atoms with van der Waals surface area (Å²) in [6.07, 6.45) is 0. The maximum absolute atomic E-state index is 5.36. The maximum atomic E-state index is 5.36. The van der Waals surface area contributed by atoms with Crippen molar-refractivity contribution in [2.75, 3.05) is 4.03 Å². The van der Waals surface area contributed by atoms with Crippen LogP contribution in [0.3, 0.4) is 0 Å². The minimum atomic E-state index is 0.942. The van der Waals surface area contributed by atoms with Crippen LogP contribution in [-0.2, 0) is 0 Å². The monoisotopic (exact) mass is 186 g/mol. The molecule has 1 aromatic carbocycles. The molecule has 0 heterocycles. The number of hydrogen-bond donors (Lipinski definition) is 1. The highest BCUT2D eigenvalue weighted by atomic mass is 79.9. The number of para-hydroxylation sites is 1. The molecule has 3 heteroatoms. The van der Waals surface area contributed by atoms with Crippen LogP contribution in [0.15, 0.2) is 30.3 Å². The molecular weight excluding hydrogens is 180 g/mol. The van der Waals surface area contributed by atoms with Gasteiger partial charge in [-0.3, -0.25) is 0 Å². The number of rotatable bonds is 1. The molecule has 0 aliphatic heterocycles. The third kappa shape index (κ3) is 1.69. The Morgan fingerprint density at radius 3 is 2.11 bits per heavy atom. The van der Waals surface area contributed by atoms with E-state index < -0.39 is 0 Å². The van der Waals surface area contributed by atoms with E-state index in [9.17, 15) is 0 Å².